The fraction of sp³-hybridized carbons (Fsp3) is 0.556. The van der Waals surface area contributed by atoms with Crippen LogP contribution in [0.4, 0.5) is 0 Å². The average Bonchev–Trinajstić information content (AvgIpc) is 3.06. The minimum absolute atomic E-state index is 0.0183. The number of aromatic nitrogens is 3. The highest BCUT2D eigenvalue weighted by atomic mass is 16.4. The van der Waals surface area contributed by atoms with Crippen LogP contribution in [0.5, 0.6) is 0 Å². The number of carbonyl (C=O) groups is 1. The molecule has 8 heteroatoms. The van der Waals surface area contributed by atoms with Crippen LogP contribution in [0.1, 0.15) is 23.3 Å². The van der Waals surface area contributed by atoms with Gasteiger partial charge in [-0.25, -0.2) is 0 Å². The van der Waals surface area contributed by atoms with E-state index in [1.165, 1.54) is 10.9 Å². The van der Waals surface area contributed by atoms with Crippen LogP contribution in [0, 0.1) is 5.92 Å². The molecule has 1 unspecified atom stereocenters. The second-order valence-corrected chi connectivity index (χ2v) is 4.09. The number of hydrogen-bond donors (Lipinski definition) is 3. The number of hydrogen-bond acceptors (Lipinski definition) is 5. The summed E-state index contributed by atoms with van der Waals surface area (Å²) >= 11 is 0. The first kappa shape index (κ1) is 11.4. The summed E-state index contributed by atoms with van der Waals surface area (Å²) in [5.74, 6) is -0.113. The molecule has 0 radical (unpaired) electrons. The third-order valence-corrected chi connectivity index (χ3v) is 2.65. The summed E-state index contributed by atoms with van der Waals surface area (Å²) in [4.78, 5) is 11.8. The van der Waals surface area contributed by atoms with Gasteiger partial charge in [0, 0.05) is 7.05 Å². The van der Waals surface area contributed by atoms with E-state index in [-0.39, 0.29) is 23.4 Å². The second kappa shape index (κ2) is 4.40. The van der Waals surface area contributed by atoms with E-state index < -0.39 is 6.04 Å². The molecule has 8 nitrogen and oxygen atoms in total. The van der Waals surface area contributed by atoms with E-state index in [1.54, 1.807) is 7.05 Å². The Bertz CT molecular complexity index is 450. The molecule has 1 atom stereocenters. The molecule has 0 saturated heterocycles. The Labute approximate surface area is 97.5 Å². The molecule has 1 aromatic heterocycles. The van der Waals surface area contributed by atoms with Crippen LogP contribution in [0.3, 0.4) is 0 Å². The maximum atomic E-state index is 11.8. The minimum Gasteiger partial charge on any atom is -0.409 e. The van der Waals surface area contributed by atoms with Gasteiger partial charge in [-0.15, -0.1) is 5.10 Å². The molecule has 0 aromatic carbocycles. The summed E-state index contributed by atoms with van der Waals surface area (Å²) in [7, 11) is 1.67. The van der Waals surface area contributed by atoms with Gasteiger partial charge in [0.2, 0.25) is 0 Å². The van der Waals surface area contributed by atoms with E-state index in [2.05, 4.69) is 20.8 Å². The molecular formula is C9H14N6O2. The third-order valence-electron chi connectivity index (χ3n) is 2.65. The van der Waals surface area contributed by atoms with Crippen molar-refractivity contribution >= 4 is 11.7 Å². The van der Waals surface area contributed by atoms with Crippen molar-refractivity contribution in [2.24, 2.45) is 23.9 Å². The van der Waals surface area contributed by atoms with Crippen molar-refractivity contribution in [3.8, 4) is 0 Å². The number of carbonyl (C=O) groups excluding carboxylic acids is 1. The fourth-order valence-corrected chi connectivity index (χ4v) is 1.59. The van der Waals surface area contributed by atoms with Gasteiger partial charge in [-0.3, -0.25) is 9.48 Å². The summed E-state index contributed by atoms with van der Waals surface area (Å²) in [5, 5.41) is 21.6. The average molecular weight is 238 g/mol. The van der Waals surface area contributed by atoms with Crippen LogP contribution in [-0.2, 0) is 7.05 Å². The third kappa shape index (κ3) is 2.52. The van der Waals surface area contributed by atoms with Crippen LogP contribution in [0.25, 0.3) is 0 Å². The Hall–Kier alpha value is -2.12. The summed E-state index contributed by atoms with van der Waals surface area (Å²) in [5.41, 5.74) is 5.75. The van der Waals surface area contributed by atoms with Crippen LogP contribution in [-0.4, -0.2) is 38.0 Å². The zero-order chi connectivity index (χ0) is 12.4. The molecule has 4 N–H and O–H groups in total. The molecule has 1 aliphatic carbocycles. The SMILES string of the molecule is Cn1cc(C(=O)NC(/C(N)=N/O)C2CC2)nn1. The number of nitrogens with one attached hydrogen (secondary N) is 1. The zero-order valence-electron chi connectivity index (χ0n) is 9.37. The van der Waals surface area contributed by atoms with Gasteiger partial charge >= 0.3 is 0 Å². The monoisotopic (exact) mass is 238 g/mol. The molecule has 0 spiro atoms. The maximum Gasteiger partial charge on any atom is 0.274 e. The quantitative estimate of drug-likeness (QED) is 0.271. The molecule has 17 heavy (non-hydrogen) atoms. The molecule has 1 amide bonds. The lowest BCUT2D eigenvalue weighted by Gasteiger charge is -2.15. The summed E-state index contributed by atoms with van der Waals surface area (Å²) in [6.45, 7) is 0. The van der Waals surface area contributed by atoms with Crippen molar-refractivity contribution in [1.82, 2.24) is 20.3 Å². The van der Waals surface area contributed by atoms with Crippen molar-refractivity contribution in [2.45, 2.75) is 18.9 Å². The summed E-state index contributed by atoms with van der Waals surface area (Å²) in [6, 6.07) is -0.436. The fourth-order valence-electron chi connectivity index (χ4n) is 1.59. The van der Waals surface area contributed by atoms with Crippen molar-refractivity contribution in [3.05, 3.63) is 11.9 Å². The molecule has 2 rings (SSSR count). The highest BCUT2D eigenvalue weighted by Crippen LogP contribution is 2.32. The highest BCUT2D eigenvalue weighted by molar-refractivity contribution is 5.96. The number of nitrogens with zero attached hydrogens (tertiary/aromatic N) is 4. The molecular weight excluding hydrogens is 224 g/mol. The first-order valence-corrected chi connectivity index (χ1v) is 5.26. The predicted molar refractivity (Wildman–Crippen MR) is 58.4 cm³/mol. The van der Waals surface area contributed by atoms with Gasteiger partial charge < -0.3 is 16.3 Å². The number of rotatable bonds is 4. The summed E-state index contributed by atoms with van der Waals surface area (Å²) in [6.07, 6.45) is 3.43. The first-order valence-electron chi connectivity index (χ1n) is 5.26. The minimum atomic E-state index is -0.436. The normalized spacial score (nSPS) is 17.8. The molecule has 1 fully saturated rings. The largest absolute Gasteiger partial charge is 0.409 e. The van der Waals surface area contributed by atoms with Gasteiger partial charge in [0.25, 0.3) is 5.91 Å². The molecule has 1 aromatic rings. The van der Waals surface area contributed by atoms with E-state index in [0.717, 1.165) is 12.8 Å². The zero-order valence-corrected chi connectivity index (χ0v) is 9.37. The first-order chi connectivity index (χ1) is 8.11. The van der Waals surface area contributed by atoms with E-state index in [1.807, 2.05) is 0 Å². The van der Waals surface area contributed by atoms with Crippen LogP contribution in [0.15, 0.2) is 11.4 Å². The van der Waals surface area contributed by atoms with Gasteiger partial charge in [-0.2, -0.15) is 0 Å². The smallest absolute Gasteiger partial charge is 0.274 e. The molecule has 92 valence electrons. The lowest BCUT2D eigenvalue weighted by atomic mass is 10.1. The Morgan fingerprint density at radius 1 is 1.76 bits per heavy atom. The molecule has 1 aliphatic rings. The molecule has 1 saturated carbocycles. The van der Waals surface area contributed by atoms with E-state index in [9.17, 15) is 4.79 Å². The van der Waals surface area contributed by atoms with Gasteiger partial charge in [0.05, 0.1) is 12.2 Å². The Balaban J connectivity index is 2.05. The predicted octanol–water partition coefficient (Wildman–Crippen LogP) is -0.930. The van der Waals surface area contributed by atoms with Gasteiger partial charge in [0.1, 0.15) is 0 Å². The van der Waals surface area contributed by atoms with Crippen molar-refractivity contribution < 1.29 is 10.0 Å². The Morgan fingerprint density at radius 2 is 2.47 bits per heavy atom. The summed E-state index contributed by atoms with van der Waals surface area (Å²) < 4.78 is 1.44. The lowest BCUT2D eigenvalue weighted by Crippen LogP contribution is -2.46. The number of amides is 1. The number of nitrogens with two attached hydrogens (primary N) is 1. The second-order valence-electron chi connectivity index (χ2n) is 4.09. The van der Waals surface area contributed by atoms with E-state index in [0.29, 0.717) is 0 Å². The lowest BCUT2D eigenvalue weighted by molar-refractivity contribution is 0.0938. The van der Waals surface area contributed by atoms with Crippen molar-refractivity contribution in [2.75, 3.05) is 0 Å². The van der Waals surface area contributed by atoms with Gasteiger partial charge in [0.15, 0.2) is 11.5 Å². The van der Waals surface area contributed by atoms with Gasteiger partial charge in [-0.05, 0) is 18.8 Å². The topological polar surface area (TPSA) is 118 Å². The Kier molecular flexibility index (Phi) is 2.94. The number of amidine groups is 1. The van der Waals surface area contributed by atoms with Gasteiger partial charge in [-0.1, -0.05) is 10.4 Å². The highest BCUT2D eigenvalue weighted by Gasteiger charge is 2.35. The number of aryl methyl sites for hydroxylation is 1. The van der Waals surface area contributed by atoms with Crippen LogP contribution in [0.2, 0.25) is 0 Å². The molecule has 1 heterocycles. The van der Waals surface area contributed by atoms with Crippen LogP contribution >= 0.6 is 0 Å². The van der Waals surface area contributed by atoms with Crippen LogP contribution < -0.4 is 11.1 Å². The van der Waals surface area contributed by atoms with Crippen molar-refractivity contribution in [1.29, 1.82) is 0 Å². The van der Waals surface area contributed by atoms with E-state index in [4.69, 9.17) is 10.9 Å². The number of oxime groups is 1. The van der Waals surface area contributed by atoms with Crippen molar-refractivity contribution in [3.63, 3.8) is 0 Å². The maximum absolute atomic E-state index is 11.8. The standard InChI is InChI=1S/C9H14N6O2/c1-15-4-6(12-14-15)9(16)11-7(5-2-3-5)8(10)13-17/h4-5,7,17H,2-3H2,1H3,(H2,10,13)(H,11,16). The molecule has 0 aliphatic heterocycles. The molecule has 0 bridgehead atoms. The Morgan fingerprint density at radius 3 is 2.94 bits per heavy atom. The van der Waals surface area contributed by atoms with E-state index >= 15 is 0 Å².